The SMILES string of the molecule is CS(=O)(=O)c1ccccc1[C@@H](O)CC(=O)O. The number of aliphatic carboxylic acids is 1. The minimum Gasteiger partial charge on any atom is -0.481 e. The first kappa shape index (κ1) is 12.7. The smallest absolute Gasteiger partial charge is 0.306 e. The lowest BCUT2D eigenvalue weighted by Crippen LogP contribution is -2.10. The first-order chi connectivity index (χ1) is 7.32. The van der Waals surface area contributed by atoms with Gasteiger partial charge >= 0.3 is 5.97 Å². The number of sulfone groups is 1. The van der Waals surface area contributed by atoms with Crippen LogP contribution in [0.25, 0.3) is 0 Å². The molecule has 16 heavy (non-hydrogen) atoms. The average Bonchev–Trinajstić information content (AvgIpc) is 2.15. The topological polar surface area (TPSA) is 91.7 Å². The highest BCUT2D eigenvalue weighted by Crippen LogP contribution is 2.24. The van der Waals surface area contributed by atoms with Crippen molar-refractivity contribution < 1.29 is 23.4 Å². The fourth-order valence-corrected chi connectivity index (χ4v) is 2.33. The predicted molar refractivity (Wildman–Crippen MR) is 56.8 cm³/mol. The van der Waals surface area contributed by atoms with Crippen LogP contribution >= 0.6 is 0 Å². The molecule has 5 nitrogen and oxygen atoms in total. The predicted octanol–water partition coefficient (Wildman–Crippen LogP) is 0.598. The molecule has 2 N–H and O–H groups in total. The average molecular weight is 244 g/mol. The molecule has 0 saturated heterocycles. The van der Waals surface area contributed by atoms with Crippen molar-refractivity contribution in [1.29, 1.82) is 0 Å². The molecule has 0 amide bonds. The van der Waals surface area contributed by atoms with Gasteiger partial charge in [-0.15, -0.1) is 0 Å². The van der Waals surface area contributed by atoms with E-state index < -0.39 is 28.3 Å². The third kappa shape index (κ3) is 3.04. The summed E-state index contributed by atoms with van der Waals surface area (Å²) in [5.74, 6) is -1.18. The number of carboxylic acid groups (broad SMARTS) is 1. The van der Waals surface area contributed by atoms with E-state index in [0.29, 0.717) is 0 Å². The summed E-state index contributed by atoms with van der Waals surface area (Å²) in [5.41, 5.74) is 0.118. The molecule has 0 fully saturated rings. The molecule has 0 radical (unpaired) electrons. The van der Waals surface area contributed by atoms with Gasteiger partial charge in [0.25, 0.3) is 0 Å². The zero-order chi connectivity index (χ0) is 12.3. The number of hydrogen-bond donors (Lipinski definition) is 2. The summed E-state index contributed by atoms with van der Waals surface area (Å²) in [6.07, 6.45) is -0.824. The second kappa shape index (κ2) is 4.63. The molecule has 0 saturated carbocycles. The second-order valence-electron chi connectivity index (χ2n) is 3.42. The highest BCUT2D eigenvalue weighted by Gasteiger charge is 2.20. The van der Waals surface area contributed by atoms with Crippen LogP contribution < -0.4 is 0 Å². The van der Waals surface area contributed by atoms with E-state index in [1.165, 1.54) is 18.2 Å². The van der Waals surface area contributed by atoms with Crippen LogP contribution in [0.4, 0.5) is 0 Å². The van der Waals surface area contributed by atoms with Crippen molar-refractivity contribution in [2.24, 2.45) is 0 Å². The van der Waals surface area contributed by atoms with Crippen LogP contribution in [-0.2, 0) is 14.6 Å². The maximum Gasteiger partial charge on any atom is 0.306 e. The minimum atomic E-state index is -3.47. The van der Waals surface area contributed by atoms with Crippen LogP contribution in [0.5, 0.6) is 0 Å². The summed E-state index contributed by atoms with van der Waals surface area (Å²) in [7, 11) is -3.47. The van der Waals surface area contributed by atoms with Crippen LogP contribution in [0.2, 0.25) is 0 Å². The molecular weight excluding hydrogens is 232 g/mol. The van der Waals surface area contributed by atoms with Gasteiger partial charge in [0.15, 0.2) is 9.84 Å². The van der Waals surface area contributed by atoms with E-state index >= 15 is 0 Å². The van der Waals surface area contributed by atoms with Gasteiger partial charge in [0, 0.05) is 6.26 Å². The first-order valence-electron chi connectivity index (χ1n) is 4.51. The number of aliphatic hydroxyl groups is 1. The molecule has 88 valence electrons. The zero-order valence-corrected chi connectivity index (χ0v) is 9.44. The Balaban J connectivity index is 3.19. The largest absolute Gasteiger partial charge is 0.481 e. The van der Waals surface area contributed by atoms with Crippen LogP contribution in [0.15, 0.2) is 29.2 Å². The number of carbonyl (C=O) groups is 1. The lowest BCUT2D eigenvalue weighted by Gasteiger charge is -2.12. The highest BCUT2D eigenvalue weighted by atomic mass is 32.2. The van der Waals surface area contributed by atoms with Gasteiger partial charge in [0.05, 0.1) is 17.4 Å². The van der Waals surface area contributed by atoms with Crippen molar-refractivity contribution in [3.05, 3.63) is 29.8 Å². The Morgan fingerprint density at radius 2 is 1.94 bits per heavy atom. The van der Waals surface area contributed by atoms with Crippen molar-refractivity contribution in [3.8, 4) is 0 Å². The Morgan fingerprint density at radius 3 is 2.44 bits per heavy atom. The van der Waals surface area contributed by atoms with Gasteiger partial charge in [-0.3, -0.25) is 4.79 Å². The van der Waals surface area contributed by atoms with Crippen LogP contribution in [-0.4, -0.2) is 30.9 Å². The normalized spacial score (nSPS) is 13.4. The molecule has 0 aliphatic rings. The molecule has 1 aromatic carbocycles. The number of aliphatic hydroxyl groups excluding tert-OH is 1. The summed E-state index contributed by atoms with van der Waals surface area (Å²) in [5, 5.41) is 18.1. The van der Waals surface area contributed by atoms with Gasteiger partial charge in [0.1, 0.15) is 0 Å². The lowest BCUT2D eigenvalue weighted by atomic mass is 10.1. The fourth-order valence-electron chi connectivity index (χ4n) is 1.37. The quantitative estimate of drug-likeness (QED) is 0.809. The number of carboxylic acids is 1. The molecule has 0 spiro atoms. The van der Waals surface area contributed by atoms with Crippen LogP contribution in [0, 0.1) is 0 Å². The Hall–Kier alpha value is -1.40. The summed E-state index contributed by atoms with van der Waals surface area (Å²) >= 11 is 0. The maximum atomic E-state index is 11.4. The van der Waals surface area contributed by atoms with E-state index in [-0.39, 0.29) is 10.5 Å². The number of rotatable bonds is 4. The maximum absolute atomic E-state index is 11.4. The minimum absolute atomic E-state index is 0.0382. The van der Waals surface area contributed by atoms with Gasteiger partial charge in [-0.05, 0) is 11.6 Å². The molecule has 6 heteroatoms. The van der Waals surface area contributed by atoms with Gasteiger partial charge in [-0.25, -0.2) is 8.42 Å². The first-order valence-corrected chi connectivity index (χ1v) is 6.40. The van der Waals surface area contributed by atoms with Crippen molar-refractivity contribution in [1.82, 2.24) is 0 Å². The van der Waals surface area contributed by atoms with Crippen molar-refractivity contribution in [2.45, 2.75) is 17.4 Å². The molecule has 1 atom stereocenters. The molecule has 1 rings (SSSR count). The molecular formula is C10H12O5S. The van der Waals surface area contributed by atoms with Crippen LogP contribution in [0.1, 0.15) is 18.1 Å². The summed E-state index contributed by atoms with van der Waals surface area (Å²) in [6, 6.07) is 5.82. The molecule has 0 aliphatic heterocycles. The molecule has 0 unspecified atom stereocenters. The summed E-state index contributed by atoms with van der Waals surface area (Å²) < 4.78 is 22.8. The van der Waals surface area contributed by atoms with E-state index in [1.807, 2.05) is 0 Å². The molecule has 1 aromatic rings. The third-order valence-electron chi connectivity index (χ3n) is 2.05. The van der Waals surface area contributed by atoms with Gasteiger partial charge in [-0.1, -0.05) is 18.2 Å². The van der Waals surface area contributed by atoms with Gasteiger partial charge < -0.3 is 10.2 Å². The van der Waals surface area contributed by atoms with Crippen molar-refractivity contribution in [3.63, 3.8) is 0 Å². The number of hydrogen-bond acceptors (Lipinski definition) is 4. The van der Waals surface area contributed by atoms with Crippen molar-refractivity contribution in [2.75, 3.05) is 6.26 Å². The Morgan fingerprint density at radius 1 is 1.38 bits per heavy atom. The zero-order valence-electron chi connectivity index (χ0n) is 8.62. The van der Waals surface area contributed by atoms with Crippen molar-refractivity contribution >= 4 is 15.8 Å². The molecule has 0 aliphatic carbocycles. The van der Waals surface area contributed by atoms with E-state index in [0.717, 1.165) is 6.26 Å². The molecule has 0 heterocycles. The Kier molecular flexibility index (Phi) is 3.66. The Labute approximate surface area is 93.3 Å². The van der Waals surface area contributed by atoms with Gasteiger partial charge in [0.2, 0.25) is 0 Å². The highest BCUT2D eigenvalue weighted by molar-refractivity contribution is 7.90. The third-order valence-corrected chi connectivity index (χ3v) is 3.22. The fraction of sp³-hybridized carbons (Fsp3) is 0.300. The van der Waals surface area contributed by atoms with E-state index in [9.17, 15) is 18.3 Å². The Bertz CT molecular complexity index is 492. The van der Waals surface area contributed by atoms with Crippen LogP contribution in [0.3, 0.4) is 0 Å². The van der Waals surface area contributed by atoms with Gasteiger partial charge in [-0.2, -0.15) is 0 Å². The lowest BCUT2D eigenvalue weighted by molar-refractivity contribution is -0.139. The monoisotopic (exact) mass is 244 g/mol. The van der Waals surface area contributed by atoms with E-state index in [2.05, 4.69) is 0 Å². The summed E-state index contributed by atoms with van der Waals surface area (Å²) in [4.78, 5) is 10.4. The standard InChI is InChI=1S/C10H12O5S/c1-16(14,15)9-5-3-2-4-7(9)8(11)6-10(12)13/h2-5,8,11H,6H2,1H3,(H,12,13)/t8-/m0/s1. The molecule has 0 bridgehead atoms. The summed E-state index contributed by atoms with van der Waals surface area (Å²) in [6.45, 7) is 0. The van der Waals surface area contributed by atoms with E-state index in [1.54, 1.807) is 6.07 Å². The number of benzene rings is 1. The second-order valence-corrected chi connectivity index (χ2v) is 5.41. The van der Waals surface area contributed by atoms with E-state index in [4.69, 9.17) is 5.11 Å². The molecule has 0 aromatic heterocycles.